The van der Waals surface area contributed by atoms with E-state index in [1.54, 1.807) is 24.3 Å². The summed E-state index contributed by atoms with van der Waals surface area (Å²) < 4.78 is 29.0. The van der Waals surface area contributed by atoms with Gasteiger partial charge in [0.2, 0.25) is 5.13 Å². The third-order valence-electron chi connectivity index (χ3n) is 4.15. The molecular weight excluding hydrogens is 400 g/mol. The van der Waals surface area contributed by atoms with E-state index >= 15 is 0 Å². The topological polar surface area (TPSA) is 55.6 Å². The highest BCUT2D eigenvalue weighted by Gasteiger charge is 2.23. The molecule has 28 heavy (non-hydrogen) atoms. The zero-order chi connectivity index (χ0) is 19.5. The van der Waals surface area contributed by atoms with Gasteiger partial charge in [0.05, 0.1) is 16.3 Å². The van der Waals surface area contributed by atoms with Crippen LogP contribution in [-0.2, 0) is 6.54 Å². The van der Waals surface area contributed by atoms with Gasteiger partial charge in [-0.2, -0.15) is 8.78 Å². The maximum Gasteiger partial charge on any atom is 0.320 e. The van der Waals surface area contributed by atoms with Crippen LogP contribution in [0.15, 0.2) is 58.9 Å². The lowest BCUT2D eigenvalue weighted by atomic mass is 10.2. The third-order valence-corrected chi connectivity index (χ3v) is 6.21. The number of nitrogens with one attached hydrogen (secondary N) is 1. The zero-order valence-electron chi connectivity index (χ0n) is 14.9. The summed E-state index contributed by atoms with van der Waals surface area (Å²) in [5, 5.41) is 11.9. The molecule has 2 aromatic heterocycles. The Kier molecular flexibility index (Phi) is 5.54. The van der Waals surface area contributed by atoms with Crippen LogP contribution in [0.3, 0.4) is 0 Å². The number of para-hydroxylation sites is 2. The molecule has 1 N–H and O–H groups in total. The van der Waals surface area contributed by atoms with Gasteiger partial charge in [-0.15, -0.1) is 10.2 Å². The predicted octanol–water partition coefficient (Wildman–Crippen LogP) is 5.75. The van der Waals surface area contributed by atoms with Gasteiger partial charge < -0.3 is 5.32 Å². The Morgan fingerprint density at radius 1 is 1.07 bits per heavy atom. The van der Waals surface area contributed by atoms with Crippen LogP contribution in [0, 0.1) is 0 Å². The lowest BCUT2D eigenvalue weighted by Gasteiger charge is -2.12. The van der Waals surface area contributed by atoms with Crippen molar-refractivity contribution in [1.82, 2.24) is 19.7 Å². The molecule has 0 aliphatic carbocycles. The van der Waals surface area contributed by atoms with E-state index in [0.29, 0.717) is 32.9 Å². The highest BCUT2D eigenvalue weighted by molar-refractivity contribution is 8.01. The van der Waals surface area contributed by atoms with Crippen LogP contribution in [-0.4, -0.2) is 19.7 Å². The number of nitrogens with zero attached hydrogens (tertiary/aromatic N) is 4. The molecule has 0 radical (unpaired) electrons. The molecule has 0 fully saturated rings. The Hall–Kier alpha value is -2.52. The minimum atomic E-state index is -2.65. The lowest BCUT2D eigenvalue weighted by Crippen LogP contribution is -2.06. The van der Waals surface area contributed by atoms with Crippen molar-refractivity contribution in [3.05, 3.63) is 66.0 Å². The van der Waals surface area contributed by atoms with Crippen molar-refractivity contribution in [3.63, 3.8) is 0 Å². The third kappa shape index (κ3) is 4.00. The maximum atomic E-state index is 13.6. The van der Waals surface area contributed by atoms with Crippen molar-refractivity contribution in [2.45, 2.75) is 29.6 Å². The largest absolute Gasteiger partial charge is 0.356 e. The normalized spacial score (nSPS) is 12.6. The van der Waals surface area contributed by atoms with E-state index < -0.39 is 6.55 Å². The second-order valence-corrected chi connectivity index (χ2v) is 8.64. The van der Waals surface area contributed by atoms with Crippen molar-refractivity contribution >= 4 is 39.3 Å². The summed E-state index contributed by atoms with van der Waals surface area (Å²) in [5.74, 6) is 0.329. The summed E-state index contributed by atoms with van der Waals surface area (Å²) in [7, 11) is 0. The Morgan fingerprint density at radius 2 is 1.82 bits per heavy atom. The molecule has 1 atom stereocenters. The average Bonchev–Trinajstić information content (AvgIpc) is 3.31. The molecule has 144 valence electrons. The first kappa shape index (κ1) is 18.8. The second-order valence-electron chi connectivity index (χ2n) is 6.08. The number of hydrogen-bond acceptors (Lipinski definition) is 6. The highest BCUT2D eigenvalue weighted by atomic mass is 32.2. The van der Waals surface area contributed by atoms with Gasteiger partial charge in [-0.3, -0.25) is 4.57 Å². The minimum Gasteiger partial charge on any atom is -0.356 e. The number of alkyl halides is 2. The Labute approximate surface area is 168 Å². The number of benzene rings is 2. The van der Waals surface area contributed by atoms with Crippen LogP contribution >= 0.6 is 23.1 Å². The summed E-state index contributed by atoms with van der Waals surface area (Å²) >= 11 is 2.78. The molecule has 2 heterocycles. The molecule has 9 heteroatoms. The molecule has 0 saturated heterocycles. The molecule has 0 bridgehead atoms. The van der Waals surface area contributed by atoms with Gasteiger partial charge in [0.25, 0.3) is 0 Å². The van der Waals surface area contributed by atoms with Crippen LogP contribution in [0.1, 0.15) is 30.1 Å². The van der Waals surface area contributed by atoms with Crippen LogP contribution in [0.2, 0.25) is 0 Å². The van der Waals surface area contributed by atoms with Crippen molar-refractivity contribution < 1.29 is 8.78 Å². The van der Waals surface area contributed by atoms with Gasteiger partial charge in [-0.1, -0.05) is 65.6 Å². The summed E-state index contributed by atoms with van der Waals surface area (Å²) in [6.45, 7) is -0.150. The second kappa shape index (κ2) is 8.24. The molecule has 0 saturated carbocycles. The molecule has 4 aromatic rings. The van der Waals surface area contributed by atoms with E-state index in [4.69, 9.17) is 0 Å². The van der Waals surface area contributed by atoms with Gasteiger partial charge >= 0.3 is 6.55 Å². The maximum absolute atomic E-state index is 13.6. The van der Waals surface area contributed by atoms with E-state index in [9.17, 15) is 8.78 Å². The number of rotatable bonds is 7. The number of fused-ring (bicyclic) bond motifs is 1. The van der Waals surface area contributed by atoms with Crippen molar-refractivity contribution in [2.75, 3.05) is 5.32 Å². The van der Waals surface area contributed by atoms with Crippen molar-refractivity contribution in [2.24, 2.45) is 0 Å². The quantitative estimate of drug-likeness (QED) is 0.388. The fourth-order valence-corrected chi connectivity index (χ4v) is 4.86. The average molecular weight is 418 g/mol. The van der Waals surface area contributed by atoms with E-state index in [-0.39, 0.29) is 5.25 Å². The summed E-state index contributed by atoms with van der Waals surface area (Å²) in [4.78, 5) is 4.42. The van der Waals surface area contributed by atoms with E-state index in [1.165, 1.54) is 23.1 Å². The molecule has 5 nitrogen and oxygen atoms in total. The van der Waals surface area contributed by atoms with Crippen LogP contribution in [0.4, 0.5) is 13.9 Å². The van der Waals surface area contributed by atoms with E-state index in [0.717, 1.165) is 10.1 Å². The van der Waals surface area contributed by atoms with Crippen molar-refractivity contribution in [1.29, 1.82) is 0 Å². The minimum absolute atomic E-state index is 0.295. The standard InChI is InChI=1S/C19H17F2N5S2/c1-12(16-23-14-9-5-6-10-15(14)26(16)17(20)21)27-19-25-24-18(28-19)22-11-13-7-3-2-4-8-13/h2-10,12,17H,11H2,1H3,(H,22,24). The molecule has 1 unspecified atom stereocenters. The first-order valence-electron chi connectivity index (χ1n) is 8.65. The van der Waals surface area contributed by atoms with Gasteiger partial charge in [0, 0.05) is 6.54 Å². The highest BCUT2D eigenvalue weighted by Crippen LogP contribution is 2.39. The number of anilines is 1. The lowest BCUT2D eigenvalue weighted by molar-refractivity contribution is 0.0715. The first-order valence-corrected chi connectivity index (χ1v) is 10.3. The Bertz CT molecular complexity index is 1060. The van der Waals surface area contributed by atoms with Crippen LogP contribution < -0.4 is 5.32 Å². The van der Waals surface area contributed by atoms with Crippen molar-refractivity contribution in [3.8, 4) is 0 Å². The Balaban J connectivity index is 1.48. The molecule has 0 aliphatic heterocycles. The molecule has 2 aromatic carbocycles. The number of halogens is 2. The molecule has 0 spiro atoms. The van der Waals surface area contributed by atoms with E-state index in [1.807, 2.05) is 37.3 Å². The van der Waals surface area contributed by atoms with Gasteiger partial charge in [-0.05, 0) is 24.6 Å². The summed E-state index contributed by atoms with van der Waals surface area (Å²) in [5.41, 5.74) is 2.14. The molecule has 0 amide bonds. The smallest absolute Gasteiger partial charge is 0.320 e. The number of aromatic nitrogens is 4. The summed E-state index contributed by atoms with van der Waals surface area (Å²) in [6.07, 6.45) is 0. The molecule has 4 rings (SSSR count). The van der Waals surface area contributed by atoms with Gasteiger partial charge in [-0.25, -0.2) is 4.98 Å². The van der Waals surface area contributed by atoms with Gasteiger partial charge in [0.1, 0.15) is 5.82 Å². The SMILES string of the molecule is CC(Sc1nnc(NCc2ccccc2)s1)c1nc2ccccc2n1C(F)F. The van der Waals surface area contributed by atoms with Crippen LogP contribution in [0.25, 0.3) is 11.0 Å². The molecular formula is C19H17F2N5S2. The number of imidazole rings is 1. The molecule has 0 aliphatic rings. The summed E-state index contributed by atoms with van der Waals surface area (Å²) in [6, 6.07) is 16.9. The van der Waals surface area contributed by atoms with Crippen LogP contribution in [0.5, 0.6) is 0 Å². The fraction of sp³-hybridized carbons (Fsp3) is 0.211. The number of thioether (sulfide) groups is 1. The predicted molar refractivity (Wildman–Crippen MR) is 109 cm³/mol. The van der Waals surface area contributed by atoms with E-state index in [2.05, 4.69) is 20.5 Å². The Morgan fingerprint density at radius 3 is 2.61 bits per heavy atom. The fourth-order valence-electron chi connectivity index (χ4n) is 2.86. The van der Waals surface area contributed by atoms with Gasteiger partial charge in [0.15, 0.2) is 4.34 Å². The first-order chi connectivity index (χ1) is 13.6. The monoisotopic (exact) mass is 417 g/mol. The number of hydrogen-bond donors (Lipinski definition) is 1. The zero-order valence-corrected chi connectivity index (χ0v) is 16.6.